The van der Waals surface area contributed by atoms with Crippen LogP contribution in [0.25, 0.3) is 0 Å². The Bertz CT molecular complexity index is 504. The molecule has 1 atom stereocenters. The zero-order valence-corrected chi connectivity index (χ0v) is 14.1. The van der Waals surface area contributed by atoms with Gasteiger partial charge in [0.15, 0.2) is 0 Å². The summed E-state index contributed by atoms with van der Waals surface area (Å²) in [6, 6.07) is 6.27. The van der Waals surface area contributed by atoms with Gasteiger partial charge in [-0.2, -0.15) is 0 Å². The van der Waals surface area contributed by atoms with Gasteiger partial charge in [0.05, 0.1) is 6.04 Å². The van der Waals surface area contributed by atoms with Crippen molar-refractivity contribution in [3.63, 3.8) is 0 Å². The first-order valence-corrected chi connectivity index (χ1v) is 7.81. The molecule has 1 aliphatic carbocycles. The van der Waals surface area contributed by atoms with Gasteiger partial charge in [-0.3, -0.25) is 0 Å². The first-order valence-electron chi connectivity index (χ1n) is 7.02. The van der Waals surface area contributed by atoms with Crippen LogP contribution in [-0.2, 0) is 4.74 Å². The van der Waals surface area contributed by atoms with Crippen LogP contribution in [0.3, 0.4) is 0 Å². The lowest BCUT2D eigenvalue weighted by atomic mass is 10.0. The fourth-order valence-corrected chi connectivity index (χ4v) is 2.94. The minimum atomic E-state index is -0.470. The van der Waals surface area contributed by atoms with Crippen LogP contribution in [0, 0.1) is 12.8 Å². The van der Waals surface area contributed by atoms with E-state index in [4.69, 9.17) is 4.74 Å². The van der Waals surface area contributed by atoms with E-state index in [1.165, 1.54) is 5.56 Å². The van der Waals surface area contributed by atoms with Gasteiger partial charge < -0.3 is 10.1 Å². The van der Waals surface area contributed by atoms with E-state index in [9.17, 15) is 4.79 Å². The molecule has 1 aromatic carbocycles. The lowest BCUT2D eigenvalue weighted by Gasteiger charge is -2.24. The molecule has 110 valence electrons. The summed E-state index contributed by atoms with van der Waals surface area (Å²) in [5.41, 5.74) is 1.86. The van der Waals surface area contributed by atoms with Crippen molar-refractivity contribution in [3.8, 4) is 0 Å². The third-order valence-electron chi connectivity index (χ3n) is 3.26. The number of carbonyl (C=O) groups is 1. The highest BCUT2D eigenvalue weighted by atomic mass is 79.9. The van der Waals surface area contributed by atoms with Crippen molar-refractivity contribution in [1.82, 2.24) is 5.32 Å². The van der Waals surface area contributed by atoms with Crippen LogP contribution in [-0.4, -0.2) is 11.7 Å². The predicted octanol–water partition coefficient (Wildman–Crippen LogP) is 4.73. The van der Waals surface area contributed by atoms with Crippen LogP contribution in [0.15, 0.2) is 22.7 Å². The third-order valence-corrected chi connectivity index (χ3v) is 3.94. The summed E-state index contributed by atoms with van der Waals surface area (Å²) in [7, 11) is 0. The number of benzene rings is 1. The molecule has 0 radical (unpaired) electrons. The SMILES string of the molecule is Cc1ccc(C(NC(=O)OC(C)(C)C)C2CC2)c(Br)c1. The van der Waals surface area contributed by atoms with Gasteiger partial charge in [-0.25, -0.2) is 4.79 Å². The molecule has 4 heteroatoms. The zero-order chi connectivity index (χ0) is 14.9. The molecular formula is C16H22BrNO2. The summed E-state index contributed by atoms with van der Waals surface area (Å²) in [5.74, 6) is 0.515. The van der Waals surface area contributed by atoms with Crippen LogP contribution < -0.4 is 5.32 Å². The monoisotopic (exact) mass is 339 g/mol. The topological polar surface area (TPSA) is 38.3 Å². The van der Waals surface area contributed by atoms with Gasteiger partial charge in [-0.05, 0) is 63.6 Å². The van der Waals surface area contributed by atoms with Gasteiger partial charge in [0.1, 0.15) is 5.60 Å². The lowest BCUT2D eigenvalue weighted by molar-refractivity contribution is 0.0497. The third kappa shape index (κ3) is 4.23. The molecule has 20 heavy (non-hydrogen) atoms. The van der Waals surface area contributed by atoms with Crippen molar-refractivity contribution in [2.24, 2.45) is 5.92 Å². The Balaban J connectivity index is 2.13. The molecule has 1 amide bonds. The molecule has 2 rings (SSSR count). The molecule has 0 heterocycles. The summed E-state index contributed by atoms with van der Waals surface area (Å²) < 4.78 is 6.41. The van der Waals surface area contributed by atoms with E-state index >= 15 is 0 Å². The number of hydrogen-bond donors (Lipinski definition) is 1. The van der Waals surface area contributed by atoms with Gasteiger partial charge >= 0.3 is 6.09 Å². The molecule has 1 aromatic rings. The van der Waals surface area contributed by atoms with Gasteiger partial charge in [0.25, 0.3) is 0 Å². The van der Waals surface area contributed by atoms with Crippen molar-refractivity contribution in [3.05, 3.63) is 33.8 Å². The van der Waals surface area contributed by atoms with E-state index in [0.29, 0.717) is 5.92 Å². The Morgan fingerprint density at radius 2 is 2.05 bits per heavy atom. The molecule has 0 spiro atoms. The van der Waals surface area contributed by atoms with Gasteiger partial charge in [0.2, 0.25) is 0 Å². The maximum absolute atomic E-state index is 12.0. The smallest absolute Gasteiger partial charge is 0.408 e. The number of carbonyl (C=O) groups excluding carboxylic acids is 1. The van der Waals surface area contributed by atoms with E-state index in [-0.39, 0.29) is 12.1 Å². The molecule has 0 aliphatic heterocycles. The molecule has 3 nitrogen and oxygen atoms in total. The maximum atomic E-state index is 12.0. The Hall–Kier alpha value is -1.03. The van der Waals surface area contributed by atoms with E-state index in [1.54, 1.807) is 0 Å². The minimum Gasteiger partial charge on any atom is -0.444 e. The van der Waals surface area contributed by atoms with Crippen molar-refractivity contribution >= 4 is 22.0 Å². The summed E-state index contributed by atoms with van der Waals surface area (Å²) in [5, 5.41) is 3.02. The number of aryl methyl sites for hydroxylation is 1. The van der Waals surface area contributed by atoms with E-state index in [2.05, 4.69) is 46.4 Å². The Kier molecular flexibility index (Phi) is 4.43. The van der Waals surface area contributed by atoms with Gasteiger partial charge in [-0.1, -0.05) is 28.1 Å². The number of rotatable bonds is 3. The highest BCUT2D eigenvalue weighted by Gasteiger charge is 2.35. The summed E-state index contributed by atoms with van der Waals surface area (Å²) >= 11 is 3.60. The second-order valence-corrected chi connectivity index (χ2v) is 7.34. The van der Waals surface area contributed by atoms with Crippen LogP contribution in [0.4, 0.5) is 4.79 Å². The second kappa shape index (κ2) is 5.76. The molecule has 1 unspecified atom stereocenters. The standard InChI is InChI=1S/C16H22BrNO2/c1-10-5-8-12(13(17)9-10)14(11-6-7-11)18-15(19)20-16(2,3)4/h5,8-9,11,14H,6-7H2,1-4H3,(H,18,19). The average molecular weight is 340 g/mol. The van der Waals surface area contributed by atoms with Crippen molar-refractivity contribution in [2.75, 3.05) is 0 Å². The van der Waals surface area contributed by atoms with Crippen LogP contribution >= 0.6 is 15.9 Å². The van der Waals surface area contributed by atoms with Crippen LogP contribution in [0.1, 0.15) is 50.8 Å². The molecule has 1 aliphatic rings. The maximum Gasteiger partial charge on any atom is 0.408 e. The van der Waals surface area contributed by atoms with E-state index in [0.717, 1.165) is 22.9 Å². The Morgan fingerprint density at radius 1 is 1.40 bits per heavy atom. The molecule has 1 fully saturated rings. The van der Waals surface area contributed by atoms with Crippen molar-refractivity contribution in [1.29, 1.82) is 0 Å². The molecule has 0 aromatic heterocycles. The first kappa shape index (κ1) is 15.4. The Morgan fingerprint density at radius 3 is 2.55 bits per heavy atom. The minimum absolute atomic E-state index is 0.0276. The number of nitrogens with one attached hydrogen (secondary N) is 1. The second-order valence-electron chi connectivity index (χ2n) is 6.49. The van der Waals surface area contributed by atoms with Crippen LogP contribution in [0.2, 0.25) is 0 Å². The van der Waals surface area contributed by atoms with Crippen LogP contribution in [0.5, 0.6) is 0 Å². The molecule has 1 N–H and O–H groups in total. The number of alkyl carbamates (subject to hydrolysis) is 1. The molecule has 1 saturated carbocycles. The quantitative estimate of drug-likeness (QED) is 0.864. The van der Waals surface area contributed by atoms with Gasteiger partial charge in [-0.15, -0.1) is 0 Å². The summed E-state index contributed by atoms with van der Waals surface area (Å²) in [6.45, 7) is 7.68. The number of halogens is 1. The number of ether oxygens (including phenoxy) is 1. The number of amides is 1. The molecular weight excluding hydrogens is 318 g/mol. The highest BCUT2D eigenvalue weighted by molar-refractivity contribution is 9.10. The van der Waals surface area contributed by atoms with Crippen molar-refractivity contribution in [2.45, 2.75) is 52.2 Å². The fraction of sp³-hybridized carbons (Fsp3) is 0.562. The normalized spacial score (nSPS) is 16.6. The largest absolute Gasteiger partial charge is 0.444 e. The Labute approximate surface area is 129 Å². The molecule has 0 saturated heterocycles. The average Bonchev–Trinajstić information content (AvgIpc) is 3.07. The van der Waals surface area contributed by atoms with Crippen molar-refractivity contribution < 1.29 is 9.53 Å². The van der Waals surface area contributed by atoms with Gasteiger partial charge in [0, 0.05) is 4.47 Å². The van der Waals surface area contributed by atoms with E-state index in [1.807, 2.05) is 20.8 Å². The lowest BCUT2D eigenvalue weighted by Crippen LogP contribution is -2.35. The number of hydrogen-bond acceptors (Lipinski definition) is 2. The zero-order valence-electron chi connectivity index (χ0n) is 12.5. The predicted molar refractivity (Wildman–Crippen MR) is 83.7 cm³/mol. The summed E-state index contributed by atoms with van der Waals surface area (Å²) in [4.78, 5) is 12.0. The van der Waals surface area contributed by atoms with E-state index < -0.39 is 5.60 Å². The molecule has 0 bridgehead atoms. The summed E-state index contributed by atoms with van der Waals surface area (Å²) in [6.07, 6.45) is 1.96. The fourth-order valence-electron chi connectivity index (χ4n) is 2.20. The highest BCUT2D eigenvalue weighted by Crippen LogP contribution is 2.43. The first-order chi connectivity index (χ1) is 9.26.